The van der Waals surface area contributed by atoms with E-state index in [1.165, 1.54) is 11.1 Å². The summed E-state index contributed by atoms with van der Waals surface area (Å²) < 4.78 is 3.97. The molecule has 1 aliphatic heterocycles. The lowest BCUT2D eigenvalue weighted by Gasteiger charge is -2.40. The molecule has 5 nitrogen and oxygen atoms in total. The molecule has 0 aliphatic carbocycles. The zero-order valence-corrected chi connectivity index (χ0v) is 21.2. The zero-order chi connectivity index (χ0) is 25.0. The van der Waals surface area contributed by atoms with Gasteiger partial charge in [-0.1, -0.05) is 72.8 Å². The Morgan fingerprint density at radius 3 is 1.84 bits per heavy atom. The standard InChI is InChI=1S/C32H34N4O/c37-32-30-18-11-21-35(30)28-16-7-8-17-29(28)36(32)20-10-9-19-33-22-24-34(25-23-33)31(26-12-3-1-4-13-26)27-14-5-2-6-15-27/h1-8,11-18,21,31H,9-10,19-20,22-25H2. The van der Waals surface area contributed by atoms with E-state index in [-0.39, 0.29) is 5.56 Å². The molecule has 0 saturated carbocycles. The first-order chi connectivity index (χ1) is 18.3. The number of hydrogen-bond acceptors (Lipinski definition) is 3. The van der Waals surface area contributed by atoms with E-state index in [0.717, 1.165) is 68.7 Å². The SMILES string of the molecule is O=c1c2cccn2c2ccccc2n1CCCCN1CCN(C(c2ccccc2)c2ccccc2)CC1. The summed E-state index contributed by atoms with van der Waals surface area (Å²) in [4.78, 5) is 18.4. The van der Waals surface area contributed by atoms with E-state index in [2.05, 4.69) is 82.6 Å². The largest absolute Gasteiger partial charge is 0.310 e. The van der Waals surface area contributed by atoms with Crippen LogP contribution in [-0.2, 0) is 6.54 Å². The Labute approximate surface area is 218 Å². The van der Waals surface area contributed by atoms with Crippen molar-refractivity contribution in [3.63, 3.8) is 0 Å². The smallest absolute Gasteiger partial charge is 0.275 e. The molecule has 0 bridgehead atoms. The third kappa shape index (κ3) is 4.85. The molecular formula is C32H34N4O. The fraction of sp³-hybridized carbons (Fsp3) is 0.281. The Morgan fingerprint density at radius 1 is 0.595 bits per heavy atom. The highest BCUT2D eigenvalue weighted by Gasteiger charge is 2.26. The van der Waals surface area contributed by atoms with Crippen LogP contribution in [0.3, 0.4) is 0 Å². The lowest BCUT2D eigenvalue weighted by molar-refractivity contribution is 0.108. The van der Waals surface area contributed by atoms with Crippen LogP contribution in [-0.4, -0.2) is 51.5 Å². The van der Waals surface area contributed by atoms with Crippen LogP contribution in [0.15, 0.2) is 108 Å². The summed E-state index contributed by atoms with van der Waals surface area (Å²) in [6.45, 7) is 6.11. The molecule has 1 aliphatic rings. The maximum Gasteiger partial charge on any atom is 0.275 e. The molecule has 5 aromatic rings. The topological polar surface area (TPSA) is 32.9 Å². The Bertz CT molecular complexity index is 1480. The van der Waals surface area contributed by atoms with Gasteiger partial charge < -0.3 is 13.9 Å². The van der Waals surface area contributed by atoms with Crippen LogP contribution in [0.2, 0.25) is 0 Å². The van der Waals surface area contributed by atoms with Crippen LogP contribution < -0.4 is 5.56 Å². The second-order valence-corrected chi connectivity index (χ2v) is 10.0. The van der Waals surface area contributed by atoms with Crippen LogP contribution in [0.25, 0.3) is 16.6 Å². The quantitative estimate of drug-likeness (QED) is 0.272. The van der Waals surface area contributed by atoms with E-state index in [0.29, 0.717) is 6.04 Å². The summed E-state index contributed by atoms with van der Waals surface area (Å²) in [5.74, 6) is 0. The monoisotopic (exact) mass is 490 g/mol. The number of benzene rings is 3. The van der Waals surface area contributed by atoms with Crippen molar-refractivity contribution in [1.82, 2.24) is 18.8 Å². The van der Waals surface area contributed by atoms with Crippen molar-refractivity contribution in [2.45, 2.75) is 25.4 Å². The summed E-state index contributed by atoms with van der Waals surface area (Å²) in [5, 5.41) is 0. The molecular weight excluding hydrogens is 456 g/mol. The molecule has 3 heterocycles. The molecule has 37 heavy (non-hydrogen) atoms. The number of unbranched alkanes of at least 4 members (excludes halogenated alkanes) is 1. The second-order valence-electron chi connectivity index (χ2n) is 10.0. The maximum absolute atomic E-state index is 13.2. The zero-order valence-electron chi connectivity index (χ0n) is 21.2. The van der Waals surface area contributed by atoms with Gasteiger partial charge in [0, 0.05) is 38.9 Å². The molecule has 0 unspecified atom stereocenters. The van der Waals surface area contributed by atoms with E-state index in [9.17, 15) is 4.79 Å². The van der Waals surface area contributed by atoms with Crippen molar-refractivity contribution in [3.8, 4) is 0 Å². The fourth-order valence-electron chi connectivity index (χ4n) is 5.87. The van der Waals surface area contributed by atoms with E-state index in [1.54, 1.807) is 0 Å². The molecule has 0 spiro atoms. The number of rotatable bonds is 8. The van der Waals surface area contributed by atoms with Crippen LogP contribution in [0.4, 0.5) is 0 Å². The van der Waals surface area contributed by atoms with Crippen molar-refractivity contribution in [2.24, 2.45) is 0 Å². The lowest BCUT2D eigenvalue weighted by Crippen LogP contribution is -2.48. The van der Waals surface area contributed by atoms with Gasteiger partial charge in [-0.3, -0.25) is 9.69 Å². The van der Waals surface area contributed by atoms with Crippen molar-refractivity contribution >= 4 is 16.6 Å². The van der Waals surface area contributed by atoms with Crippen molar-refractivity contribution in [1.29, 1.82) is 0 Å². The normalized spacial score (nSPS) is 15.2. The molecule has 0 radical (unpaired) electrons. The molecule has 2 aromatic heterocycles. The molecule has 0 atom stereocenters. The average molecular weight is 491 g/mol. The van der Waals surface area contributed by atoms with Gasteiger partial charge in [0.15, 0.2) is 0 Å². The molecule has 1 saturated heterocycles. The number of hydrogen-bond donors (Lipinski definition) is 0. The number of fused-ring (bicyclic) bond motifs is 3. The average Bonchev–Trinajstić information content (AvgIpc) is 3.46. The summed E-state index contributed by atoms with van der Waals surface area (Å²) in [6.07, 6.45) is 4.06. The second kappa shape index (κ2) is 10.8. The minimum Gasteiger partial charge on any atom is -0.310 e. The van der Waals surface area contributed by atoms with Gasteiger partial charge in [-0.2, -0.15) is 0 Å². The summed E-state index contributed by atoms with van der Waals surface area (Å²) >= 11 is 0. The Balaban J connectivity index is 1.08. The van der Waals surface area contributed by atoms with Crippen LogP contribution in [0.5, 0.6) is 0 Å². The fourth-order valence-corrected chi connectivity index (χ4v) is 5.87. The maximum atomic E-state index is 13.2. The third-order valence-electron chi connectivity index (χ3n) is 7.75. The summed E-state index contributed by atoms with van der Waals surface area (Å²) in [7, 11) is 0. The molecule has 5 heteroatoms. The van der Waals surface area contributed by atoms with Gasteiger partial charge in [-0.25, -0.2) is 0 Å². The van der Waals surface area contributed by atoms with E-state index in [1.807, 2.05) is 39.4 Å². The highest BCUT2D eigenvalue weighted by atomic mass is 16.1. The van der Waals surface area contributed by atoms with Crippen LogP contribution in [0, 0.1) is 0 Å². The predicted octanol–water partition coefficient (Wildman–Crippen LogP) is 5.44. The van der Waals surface area contributed by atoms with Crippen LogP contribution in [0.1, 0.15) is 30.0 Å². The summed E-state index contributed by atoms with van der Waals surface area (Å²) in [6, 6.07) is 34.1. The number of aromatic nitrogens is 2. The molecule has 0 N–H and O–H groups in total. The van der Waals surface area contributed by atoms with Crippen LogP contribution >= 0.6 is 0 Å². The van der Waals surface area contributed by atoms with E-state index < -0.39 is 0 Å². The van der Waals surface area contributed by atoms with Gasteiger partial charge in [-0.15, -0.1) is 0 Å². The minimum absolute atomic E-state index is 0.102. The minimum atomic E-state index is 0.102. The Kier molecular flexibility index (Phi) is 6.89. The Hall–Kier alpha value is -3.67. The number of piperazine rings is 1. The van der Waals surface area contributed by atoms with Gasteiger partial charge in [0.05, 0.1) is 17.1 Å². The van der Waals surface area contributed by atoms with E-state index >= 15 is 0 Å². The molecule has 6 rings (SSSR count). The van der Waals surface area contributed by atoms with Gasteiger partial charge in [0.2, 0.25) is 0 Å². The molecule has 3 aromatic carbocycles. The van der Waals surface area contributed by atoms with E-state index in [4.69, 9.17) is 0 Å². The molecule has 1 fully saturated rings. The van der Waals surface area contributed by atoms with Gasteiger partial charge in [0.1, 0.15) is 5.52 Å². The first kappa shape index (κ1) is 23.7. The predicted molar refractivity (Wildman–Crippen MR) is 151 cm³/mol. The van der Waals surface area contributed by atoms with Crippen molar-refractivity contribution < 1.29 is 0 Å². The first-order valence-electron chi connectivity index (χ1n) is 13.4. The van der Waals surface area contributed by atoms with Gasteiger partial charge >= 0.3 is 0 Å². The highest BCUT2D eigenvalue weighted by Crippen LogP contribution is 2.29. The van der Waals surface area contributed by atoms with Crippen molar-refractivity contribution in [2.75, 3.05) is 32.7 Å². The first-order valence-corrected chi connectivity index (χ1v) is 13.4. The molecule has 0 amide bonds. The number of aryl methyl sites for hydroxylation is 1. The number of nitrogens with zero attached hydrogens (tertiary/aromatic N) is 4. The lowest BCUT2D eigenvalue weighted by atomic mass is 9.96. The van der Waals surface area contributed by atoms with Gasteiger partial charge in [-0.05, 0) is 54.8 Å². The Morgan fingerprint density at radius 2 is 1.16 bits per heavy atom. The number of para-hydroxylation sites is 2. The van der Waals surface area contributed by atoms with Crippen molar-refractivity contribution in [3.05, 3.63) is 125 Å². The highest BCUT2D eigenvalue weighted by molar-refractivity contribution is 5.79. The molecule has 188 valence electrons. The van der Waals surface area contributed by atoms with Gasteiger partial charge in [0.25, 0.3) is 5.56 Å². The third-order valence-corrected chi connectivity index (χ3v) is 7.75. The summed E-state index contributed by atoms with van der Waals surface area (Å²) in [5.41, 5.74) is 5.67.